The number of halogens is 2. The molecule has 0 saturated carbocycles. The van der Waals surface area contributed by atoms with Gasteiger partial charge in [0.15, 0.2) is 11.5 Å². The lowest BCUT2D eigenvalue weighted by molar-refractivity contribution is -0.117. The van der Waals surface area contributed by atoms with Gasteiger partial charge in [0, 0.05) is 66.6 Å². The molecule has 196 valence electrons. The van der Waals surface area contributed by atoms with E-state index in [0.717, 1.165) is 46.5 Å². The summed E-state index contributed by atoms with van der Waals surface area (Å²) in [6.45, 7) is 3.59. The van der Waals surface area contributed by atoms with Crippen molar-refractivity contribution in [2.75, 3.05) is 36.5 Å². The lowest BCUT2D eigenvalue weighted by Crippen LogP contribution is -2.27. The monoisotopic (exact) mass is 550 g/mol. The number of carbonyl (C=O) groups excluding carboxylic acids is 1. The molecule has 0 atom stereocenters. The molecular formula is C30H28Cl2N2O4. The summed E-state index contributed by atoms with van der Waals surface area (Å²) in [5, 5.41) is 0.846. The van der Waals surface area contributed by atoms with E-state index in [9.17, 15) is 4.79 Å². The fraction of sp³-hybridized carbons (Fsp3) is 0.267. The van der Waals surface area contributed by atoms with Crippen molar-refractivity contribution in [3.63, 3.8) is 0 Å². The van der Waals surface area contributed by atoms with Gasteiger partial charge in [-0.3, -0.25) is 9.78 Å². The Kier molecular flexibility index (Phi) is 8.20. The number of aromatic nitrogens is 1. The molecule has 8 heteroatoms. The van der Waals surface area contributed by atoms with Crippen molar-refractivity contribution in [3.05, 3.63) is 83.6 Å². The first-order chi connectivity index (χ1) is 18.5. The summed E-state index contributed by atoms with van der Waals surface area (Å²) >= 11 is 11.8. The Morgan fingerprint density at radius 2 is 1.50 bits per heavy atom. The van der Waals surface area contributed by atoms with E-state index in [4.69, 9.17) is 37.4 Å². The van der Waals surface area contributed by atoms with E-state index in [1.54, 1.807) is 0 Å². The molecule has 38 heavy (non-hydrogen) atoms. The van der Waals surface area contributed by atoms with Crippen LogP contribution in [-0.4, -0.2) is 42.4 Å². The maximum atomic E-state index is 12.8. The van der Waals surface area contributed by atoms with Crippen LogP contribution in [0.15, 0.2) is 66.7 Å². The number of Topliss-reactive ketones (excluding diaryl/α,β-unsaturated/α-hetero) is 1. The van der Waals surface area contributed by atoms with E-state index in [2.05, 4.69) is 9.88 Å². The zero-order chi connectivity index (χ0) is 26.5. The summed E-state index contributed by atoms with van der Waals surface area (Å²) in [6.07, 6.45) is 0.732. The summed E-state index contributed by atoms with van der Waals surface area (Å²) in [6, 6.07) is 21.3. The van der Waals surface area contributed by atoms with E-state index in [0.29, 0.717) is 47.6 Å². The van der Waals surface area contributed by atoms with Gasteiger partial charge in [0.25, 0.3) is 0 Å². The molecule has 4 aromatic rings. The van der Waals surface area contributed by atoms with Gasteiger partial charge in [0.05, 0.1) is 5.52 Å². The third kappa shape index (κ3) is 6.14. The Bertz CT molecular complexity index is 1420. The quantitative estimate of drug-likeness (QED) is 0.193. The molecule has 0 bridgehead atoms. The summed E-state index contributed by atoms with van der Waals surface area (Å²) in [4.78, 5) is 19.5. The average Bonchev–Trinajstić information content (AvgIpc) is 3.36. The maximum Gasteiger partial charge on any atom is 0.231 e. The van der Waals surface area contributed by atoms with Crippen LogP contribution in [0.4, 0.5) is 5.69 Å². The molecular weight excluding hydrogens is 523 g/mol. The molecule has 3 aromatic carbocycles. The summed E-state index contributed by atoms with van der Waals surface area (Å²) in [7, 11) is 0. The highest BCUT2D eigenvalue weighted by molar-refractivity contribution is 6.18. The number of hydrogen-bond donors (Lipinski definition) is 0. The summed E-state index contributed by atoms with van der Waals surface area (Å²) < 4.78 is 17.2. The van der Waals surface area contributed by atoms with Crippen LogP contribution in [0, 0.1) is 6.92 Å². The van der Waals surface area contributed by atoms with E-state index in [1.807, 2.05) is 73.7 Å². The van der Waals surface area contributed by atoms with Crippen LogP contribution in [0.25, 0.3) is 10.9 Å². The van der Waals surface area contributed by atoms with Gasteiger partial charge in [-0.05, 0) is 48.4 Å². The van der Waals surface area contributed by atoms with Crippen molar-refractivity contribution in [2.24, 2.45) is 0 Å². The van der Waals surface area contributed by atoms with Crippen LogP contribution in [0.3, 0.4) is 0 Å². The number of aryl methyl sites for hydroxylation is 1. The predicted octanol–water partition coefficient (Wildman–Crippen LogP) is 6.70. The normalized spacial score (nSPS) is 12.1. The van der Waals surface area contributed by atoms with Gasteiger partial charge in [-0.15, -0.1) is 23.2 Å². The number of carbonyl (C=O) groups is 1. The minimum atomic E-state index is 0.150. The second-order valence-electron chi connectivity index (χ2n) is 9.15. The minimum Gasteiger partial charge on any atom is -0.457 e. The number of ether oxygens (including phenoxy) is 3. The molecule has 0 saturated heterocycles. The van der Waals surface area contributed by atoms with Crippen LogP contribution in [0.1, 0.15) is 16.8 Å². The average molecular weight is 551 g/mol. The molecule has 0 amide bonds. The van der Waals surface area contributed by atoms with Crippen molar-refractivity contribution in [3.8, 4) is 23.0 Å². The Morgan fingerprint density at radius 3 is 2.13 bits per heavy atom. The number of rotatable bonds is 11. The molecule has 0 aliphatic carbocycles. The van der Waals surface area contributed by atoms with Crippen molar-refractivity contribution in [1.29, 1.82) is 0 Å². The van der Waals surface area contributed by atoms with E-state index < -0.39 is 0 Å². The molecule has 1 aromatic heterocycles. The largest absolute Gasteiger partial charge is 0.457 e. The maximum absolute atomic E-state index is 12.8. The van der Waals surface area contributed by atoms with Crippen molar-refractivity contribution < 1.29 is 19.0 Å². The van der Waals surface area contributed by atoms with Gasteiger partial charge in [-0.2, -0.15) is 0 Å². The van der Waals surface area contributed by atoms with E-state index in [1.165, 1.54) is 0 Å². The smallest absolute Gasteiger partial charge is 0.231 e. The third-order valence-corrected chi connectivity index (χ3v) is 6.70. The van der Waals surface area contributed by atoms with Gasteiger partial charge in [0.1, 0.15) is 17.3 Å². The molecule has 2 heterocycles. The predicted molar refractivity (Wildman–Crippen MR) is 152 cm³/mol. The molecule has 0 spiro atoms. The van der Waals surface area contributed by atoms with E-state index >= 15 is 0 Å². The fourth-order valence-electron chi connectivity index (χ4n) is 4.51. The molecule has 5 rings (SSSR count). The standard InChI is InChI=1S/C30H28Cl2N2O4/c1-20-14-28(26-17-29-30(37-19-36-29)18-27(26)33-20)38-25-8-4-22(5-9-25)16-24(35)15-21-2-6-23(7-3-21)34(12-10-31)13-11-32/h2-9,14,17-18H,10-13,15-16,19H2,1H3. The number of nitrogens with zero attached hydrogens (tertiary/aromatic N) is 2. The van der Waals surface area contributed by atoms with Crippen molar-refractivity contribution in [1.82, 2.24) is 4.98 Å². The topological polar surface area (TPSA) is 60.9 Å². The second-order valence-corrected chi connectivity index (χ2v) is 9.91. The van der Waals surface area contributed by atoms with Crippen molar-refractivity contribution in [2.45, 2.75) is 19.8 Å². The highest BCUT2D eigenvalue weighted by atomic mass is 35.5. The first kappa shape index (κ1) is 26.1. The first-order valence-corrected chi connectivity index (χ1v) is 13.5. The highest BCUT2D eigenvalue weighted by Crippen LogP contribution is 2.40. The Balaban J connectivity index is 1.22. The third-order valence-electron chi connectivity index (χ3n) is 6.36. The van der Waals surface area contributed by atoms with Gasteiger partial charge < -0.3 is 19.1 Å². The molecule has 6 nitrogen and oxygen atoms in total. The van der Waals surface area contributed by atoms with Crippen molar-refractivity contribution >= 4 is 45.6 Å². The Hall–Kier alpha value is -3.48. The number of alkyl halides is 2. The van der Waals surface area contributed by atoms with Crippen LogP contribution in [-0.2, 0) is 17.6 Å². The van der Waals surface area contributed by atoms with Crippen LogP contribution >= 0.6 is 23.2 Å². The summed E-state index contributed by atoms with van der Waals surface area (Å²) in [5.74, 6) is 3.95. The van der Waals surface area contributed by atoms with Gasteiger partial charge in [0.2, 0.25) is 6.79 Å². The molecule has 0 radical (unpaired) electrons. The number of pyridine rings is 1. The van der Waals surface area contributed by atoms with Gasteiger partial charge in [-0.1, -0.05) is 24.3 Å². The number of anilines is 1. The first-order valence-electron chi connectivity index (χ1n) is 12.5. The number of fused-ring (bicyclic) bond motifs is 2. The van der Waals surface area contributed by atoms with E-state index in [-0.39, 0.29) is 12.6 Å². The Labute approximate surface area is 232 Å². The lowest BCUT2D eigenvalue weighted by Gasteiger charge is -2.23. The molecule has 1 aliphatic heterocycles. The molecule has 0 fully saturated rings. The number of benzene rings is 3. The van der Waals surface area contributed by atoms with Crippen LogP contribution < -0.4 is 19.1 Å². The molecule has 0 unspecified atom stereocenters. The van der Waals surface area contributed by atoms with Gasteiger partial charge >= 0.3 is 0 Å². The number of ketones is 1. The SMILES string of the molecule is Cc1cc(Oc2ccc(CC(=O)Cc3ccc(N(CCCl)CCCl)cc3)cc2)c2cc3c(cc2n1)OCO3. The van der Waals surface area contributed by atoms with Crippen LogP contribution in [0.5, 0.6) is 23.0 Å². The van der Waals surface area contributed by atoms with Crippen LogP contribution in [0.2, 0.25) is 0 Å². The minimum absolute atomic E-state index is 0.150. The van der Waals surface area contributed by atoms with Gasteiger partial charge in [-0.25, -0.2) is 0 Å². The molecule has 1 aliphatic rings. The number of hydrogen-bond acceptors (Lipinski definition) is 6. The fourth-order valence-corrected chi connectivity index (χ4v) is 4.92. The Morgan fingerprint density at radius 1 is 0.895 bits per heavy atom. The zero-order valence-corrected chi connectivity index (χ0v) is 22.6. The highest BCUT2D eigenvalue weighted by Gasteiger charge is 2.18. The zero-order valence-electron chi connectivity index (χ0n) is 21.1. The second kappa shape index (κ2) is 11.9. The lowest BCUT2D eigenvalue weighted by atomic mass is 10.0. The summed E-state index contributed by atoms with van der Waals surface area (Å²) in [5.41, 5.74) is 4.60. The molecule has 0 N–H and O–H groups in total.